The van der Waals surface area contributed by atoms with Gasteiger partial charge >= 0.3 is 0 Å². The summed E-state index contributed by atoms with van der Waals surface area (Å²) in [6.07, 6.45) is 4.20. The second-order valence-corrected chi connectivity index (χ2v) is 5.19. The Kier molecular flexibility index (Phi) is 4.01. The van der Waals surface area contributed by atoms with E-state index in [0.29, 0.717) is 12.4 Å². The molecular formula is C16H19N3O2. The van der Waals surface area contributed by atoms with Gasteiger partial charge in [0.2, 0.25) is 11.8 Å². The molecule has 1 unspecified atom stereocenters. The molecule has 0 saturated heterocycles. The maximum Gasteiger partial charge on any atom is 0.241 e. The van der Waals surface area contributed by atoms with Crippen LogP contribution in [0.25, 0.3) is 0 Å². The van der Waals surface area contributed by atoms with Crippen molar-refractivity contribution in [1.29, 1.82) is 0 Å². The Balaban J connectivity index is 1.63. The van der Waals surface area contributed by atoms with Crippen LogP contribution < -0.4 is 10.6 Å². The summed E-state index contributed by atoms with van der Waals surface area (Å²) in [4.78, 5) is 16.4. The molecule has 1 aromatic heterocycles. The second-order valence-electron chi connectivity index (χ2n) is 5.19. The van der Waals surface area contributed by atoms with E-state index in [-0.39, 0.29) is 11.9 Å². The van der Waals surface area contributed by atoms with Gasteiger partial charge in [-0.05, 0) is 24.5 Å². The van der Waals surface area contributed by atoms with E-state index in [1.807, 2.05) is 25.1 Å². The number of hydrogen-bond donors (Lipinski definition) is 2. The van der Waals surface area contributed by atoms with E-state index in [1.54, 1.807) is 6.20 Å². The van der Waals surface area contributed by atoms with Crippen molar-refractivity contribution >= 4 is 11.6 Å². The number of hydrogen-bond acceptors (Lipinski definition) is 4. The molecule has 0 saturated carbocycles. The average Bonchev–Trinajstić information content (AvgIpc) is 2.90. The average molecular weight is 285 g/mol. The highest BCUT2D eigenvalue weighted by Crippen LogP contribution is 2.21. The molecule has 2 aromatic rings. The fraction of sp³-hybridized carbons (Fsp3) is 0.375. The number of nitrogens with zero attached hydrogens (tertiary/aromatic N) is 1. The Morgan fingerprint density at radius 2 is 2.29 bits per heavy atom. The minimum absolute atomic E-state index is 0.00206. The quantitative estimate of drug-likeness (QED) is 0.904. The van der Waals surface area contributed by atoms with Gasteiger partial charge in [0, 0.05) is 12.1 Å². The zero-order valence-electron chi connectivity index (χ0n) is 12.1. The van der Waals surface area contributed by atoms with Crippen LogP contribution in [0.5, 0.6) is 0 Å². The number of carbonyl (C=O) groups excluding carboxylic acids is 1. The lowest BCUT2D eigenvalue weighted by Gasteiger charge is -2.13. The van der Waals surface area contributed by atoms with Crippen LogP contribution in [0.3, 0.4) is 0 Å². The van der Waals surface area contributed by atoms with Crippen molar-refractivity contribution in [2.75, 3.05) is 5.32 Å². The monoisotopic (exact) mass is 285 g/mol. The molecule has 2 heterocycles. The SMILES string of the molecule is CCc1cnc(CNC2CCc3ccccc3NC2=O)o1. The first-order valence-electron chi connectivity index (χ1n) is 7.32. The molecule has 0 spiro atoms. The van der Waals surface area contributed by atoms with Gasteiger partial charge in [0.1, 0.15) is 5.76 Å². The number of aryl methyl sites for hydroxylation is 2. The summed E-state index contributed by atoms with van der Waals surface area (Å²) in [6, 6.07) is 7.70. The van der Waals surface area contributed by atoms with Crippen LogP contribution in [0.4, 0.5) is 5.69 Å². The Morgan fingerprint density at radius 3 is 3.10 bits per heavy atom. The topological polar surface area (TPSA) is 67.2 Å². The van der Waals surface area contributed by atoms with Crippen molar-refractivity contribution in [3.05, 3.63) is 47.7 Å². The molecule has 5 heteroatoms. The van der Waals surface area contributed by atoms with Gasteiger partial charge in [-0.3, -0.25) is 10.1 Å². The molecule has 0 bridgehead atoms. The predicted molar refractivity (Wildman–Crippen MR) is 79.9 cm³/mol. The fourth-order valence-electron chi connectivity index (χ4n) is 2.51. The second kappa shape index (κ2) is 6.10. The molecule has 3 rings (SSSR count). The van der Waals surface area contributed by atoms with Crippen molar-refractivity contribution in [2.24, 2.45) is 0 Å². The van der Waals surface area contributed by atoms with E-state index in [9.17, 15) is 4.79 Å². The van der Waals surface area contributed by atoms with Crippen LogP contribution in [0.2, 0.25) is 0 Å². The largest absolute Gasteiger partial charge is 0.444 e. The first-order valence-corrected chi connectivity index (χ1v) is 7.32. The van der Waals surface area contributed by atoms with E-state index in [0.717, 1.165) is 30.7 Å². The van der Waals surface area contributed by atoms with E-state index >= 15 is 0 Å². The van der Waals surface area contributed by atoms with Crippen LogP contribution in [0.1, 0.15) is 30.6 Å². The predicted octanol–water partition coefficient (Wildman–Crippen LogP) is 2.28. The highest BCUT2D eigenvalue weighted by atomic mass is 16.4. The highest BCUT2D eigenvalue weighted by Gasteiger charge is 2.23. The number of nitrogens with one attached hydrogen (secondary N) is 2. The smallest absolute Gasteiger partial charge is 0.241 e. The molecule has 21 heavy (non-hydrogen) atoms. The van der Waals surface area contributed by atoms with Gasteiger partial charge in [-0.15, -0.1) is 0 Å². The molecule has 110 valence electrons. The zero-order valence-corrected chi connectivity index (χ0v) is 12.1. The molecule has 0 fully saturated rings. The summed E-state index contributed by atoms with van der Waals surface area (Å²) in [6.45, 7) is 2.49. The molecule has 2 N–H and O–H groups in total. The zero-order chi connectivity index (χ0) is 14.7. The standard InChI is InChI=1S/C16H19N3O2/c1-2-12-9-18-15(21-12)10-17-14-8-7-11-5-3-4-6-13(11)19-16(14)20/h3-6,9,14,17H,2,7-8,10H2,1H3,(H,19,20). The summed E-state index contributed by atoms with van der Waals surface area (Å²) < 4.78 is 5.55. The van der Waals surface area contributed by atoms with Gasteiger partial charge in [-0.2, -0.15) is 0 Å². The Morgan fingerprint density at radius 1 is 1.43 bits per heavy atom. The first-order chi connectivity index (χ1) is 10.3. The minimum Gasteiger partial charge on any atom is -0.444 e. The molecule has 1 aliphatic rings. The molecule has 0 radical (unpaired) electrons. The van der Waals surface area contributed by atoms with Gasteiger partial charge in [0.25, 0.3) is 0 Å². The van der Waals surface area contributed by atoms with Gasteiger partial charge in [-0.1, -0.05) is 25.1 Å². The van der Waals surface area contributed by atoms with Crippen molar-refractivity contribution in [1.82, 2.24) is 10.3 Å². The lowest BCUT2D eigenvalue weighted by molar-refractivity contribution is -0.118. The van der Waals surface area contributed by atoms with Crippen molar-refractivity contribution in [3.63, 3.8) is 0 Å². The van der Waals surface area contributed by atoms with Crippen LogP contribution in [0, 0.1) is 0 Å². The van der Waals surface area contributed by atoms with Gasteiger partial charge in [0.05, 0.1) is 18.8 Å². The molecule has 1 atom stereocenters. The van der Waals surface area contributed by atoms with Crippen LogP contribution >= 0.6 is 0 Å². The van der Waals surface area contributed by atoms with Crippen LogP contribution in [-0.4, -0.2) is 16.9 Å². The summed E-state index contributed by atoms with van der Waals surface area (Å²) in [7, 11) is 0. The number of aromatic nitrogens is 1. The van der Waals surface area contributed by atoms with E-state index in [1.165, 1.54) is 5.56 Å². The number of rotatable bonds is 4. The Labute approximate surface area is 123 Å². The maximum absolute atomic E-state index is 12.2. The minimum atomic E-state index is -0.227. The number of oxazole rings is 1. The third-order valence-corrected chi connectivity index (χ3v) is 3.74. The number of para-hydroxylation sites is 1. The van der Waals surface area contributed by atoms with Crippen molar-refractivity contribution in [2.45, 2.75) is 38.8 Å². The third-order valence-electron chi connectivity index (χ3n) is 3.74. The third kappa shape index (κ3) is 3.13. The lowest BCUT2D eigenvalue weighted by atomic mass is 10.1. The number of anilines is 1. The Bertz CT molecular complexity index is 636. The maximum atomic E-state index is 12.2. The van der Waals surface area contributed by atoms with E-state index in [2.05, 4.69) is 21.7 Å². The summed E-state index contributed by atoms with van der Waals surface area (Å²) >= 11 is 0. The molecule has 1 aliphatic heterocycles. The van der Waals surface area contributed by atoms with Crippen molar-refractivity contribution in [3.8, 4) is 0 Å². The summed E-state index contributed by atoms with van der Waals surface area (Å²) in [5.74, 6) is 1.49. The first kappa shape index (κ1) is 13.8. The molecule has 5 nitrogen and oxygen atoms in total. The number of benzene rings is 1. The fourth-order valence-corrected chi connectivity index (χ4v) is 2.51. The highest BCUT2D eigenvalue weighted by molar-refractivity contribution is 5.96. The van der Waals surface area contributed by atoms with E-state index in [4.69, 9.17) is 4.42 Å². The summed E-state index contributed by atoms with van der Waals surface area (Å²) in [5, 5.41) is 6.20. The van der Waals surface area contributed by atoms with Crippen LogP contribution in [0.15, 0.2) is 34.9 Å². The number of carbonyl (C=O) groups is 1. The van der Waals surface area contributed by atoms with Gasteiger partial charge in [0.15, 0.2) is 0 Å². The lowest BCUT2D eigenvalue weighted by Crippen LogP contribution is -2.39. The summed E-state index contributed by atoms with van der Waals surface area (Å²) in [5.41, 5.74) is 2.09. The normalized spacial score (nSPS) is 18.0. The molecule has 0 aliphatic carbocycles. The van der Waals surface area contributed by atoms with Gasteiger partial charge in [-0.25, -0.2) is 4.98 Å². The molecule has 1 aromatic carbocycles. The van der Waals surface area contributed by atoms with Crippen molar-refractivity contribution < 1.29 is 9.21 Å². The number of fused-ring (bicyclic) bond motifs is 1. The molecule has 1 amide bonds. The van der Waals surface area contributed by atoms with E-state index < -0.39 is 0 Å². The molecular weight excluding hydrogens is 266 g/mol. The van der Waals surface area contributed by atoms with Crippen LogP contribution in [-0.2, 0) is 24.2 Å². The van der Waals surface area contributed by atoms with Gasteiger partial charge < -0.3 is 9.73 Å². The number of amides is 1. The Hall–Kier alpha value is -2.14.